The molecule has 1 aromatic rings. The second-order valence-corrected chi connectivity index (χ2v) is 5.77. The molecule has 1 unspecified atom stereocenters. The smallest absolute Gasteiger partial charge is 0.338 e. The summed E-state index contributed by atoms with van der Waals surface area (Å²) < 4.78 is 5.09. The first-order chi connectivity index (χ1) is 11.0. The number of likely N-dealkylation sites (tertiary alicyclic amines) is 1. The van der Waals surface area contributed by atoms with Gasteiger partial charge in [0, 0.05) is 25.2 Å². The Morgan fingerprint density at radius 1 is 1.22 bits per heavy atom. The van der Waals surface area contributed by atoms with Crippen molar-refractivity contribution in [2.75, 3.05) is 18.5 Å². The van der Waals surface area contributed by atoms with E-state index in [-0.39, 0.29) is 24.5 Å². The molecule has 6 nitrogen and oxygen atoms in total. The third-order valence-electron chi connectivity index (χ3n) is 3.89. The van der Waals surface area contributed by atoms with Gasteiger partial charge in [-0.25, -0.2) is 4.79 Å². The van der Waals surface area contributed by atoms with Crippen molar-refractivity contribution in [3.05, 3.63) is 29.8 Å². The predicted molar refractivity (Wildman–Crippen MR) is 86.1 cm³/mol. The van der Waals surface area contributed by atoms with Crippen molar-refractivity contribution in [1.82, 2.24) is 4.90 Å². The summed E-state index contributed by atoms with van der Waals surface area (Å²) in [6.07, 6.45) is 3.12. The number of amides is 2. The van der Waals surface area contributed by atoms with Gasteiger partial charge in [-0.3, -0.25) is 9.59 Å². The molecule has 1 atom stereocenters. The average molecular weight is 318 g/mol. The number of carbonyl (C=O) groups excluding carboxylic acids is 3. The summed E-state index contributed by atoms with van der Waals surface area (Å²) in [5, 5.41) is 2.62. The fourth-order valence-electron chi connectivity index (χ4n) is 2.66. The molecule has 1 N–H and O–H groups in total. The number of ether oxygens (including phenoxy) is 1. The third-order valence-corrected chi connectivity index (χ3v) is 3.89. The third kappa shape index (κ3) is 4.81. The average Bonchev–Trinajstić information content (AvgIpc) is 2.53. The minimum Gasteiger partial charge on any atom is -0.452 e. The van der Waals surface area contributed by atoms with Gasteiger partial charge in [-0.15, -0.1) is 0 Å². The van der Waals surface area contributed by atoms with Crippen molar-refractivity contribution in [2.45, 2.75) is 39.2 Å². The second kappa shape index (κ2) is 7.76. The van der Waals surface area contributed by atoms with E-state index in [9.17, 15) is 14.4 Å². The zero-order valence-electron chi connectivity index (χ0n) is 13.5. The van der Waals surface area contributed by atoms with Crippen molar-refractivity contribution in [3.8, 4) is 0 Å². The lowest BCUT2D eigenvalue weighted by Crippen LogP contribution is -2.44. The minimum absolute atomic E-state index is 0.152. The lowest BCUT2D eigenvalue weighted by Gasteiger charge is -2.33. The molecule has 23 heavy (non-hydrogen) atoms. The molecule has 1 fully saturated rings. The maximum absolute atomic E-state index is 12.1. The number of hydrogen-bond donors (Lipinski definition) is 1. The molecule has 2 amide bonds. The number of carbonyl (C=O) groups is 3. The summed E-state index contributed by atoms with van der Waals surface area (Å²) in [5.74, 6) is -0.876. The van der Waals surface area contributed by atoms with Crippen molar-refractivity contribution < 1.29 is 19.1 Å². The Morgan fingerprint density at radius 3 is 2.52 bits per heavy atom. The van der Waals surface area contributed by atoms with E-state index in [0.29, 0.717) is 11.3 Å². The predicted octanol–water partition coefficient (Wildman–Crippen LogP) is 2.20. The lowest BCUT2D eigenvalue weighted by atomic mass is 10.0. The Kier molecular flexibility index (Phi) is 5.73. The number of nitrogens with one attached hydrogen (secondary N) is 1. The van der Waals surface area contributed by atoms with Gasteiger partial charge in [-0.05, 0) is 50.5 Å². The molecule has 0 saturated carbocycles. The van der Waals surface area contributed by atoms with Crippen LogP contribution in [0.5, 0.6) is 0 Å². The number of piperidine rings is 1. The van der Waals surface area contributed by atoms with Gasteiger partial charge < -0.3 is 15.0 Å². The van der Waals surface area contributed by atoms with Gasteiger partial charge >= 0.3 is 5.97 Å². The number of nitrogens with zero attached hydrogens (tertiary/aromatic N) is 1. The molecule has 1 aliphatic heterocycles. The second-order valence-electron chi connectivity index (χ2n) is 5.77. The van der Waals surface area contributed by atoms with Gasteiger partial charge in [0.2, 0.25) is 5.91 Å². The Labute approximate surface area is 135 Å². The number of esters is 1. The summed E-state index contributed by atoms with van der Waals surface area (Å²) in [7, 11) is 0. The van der Waals surface area contributed by atoms with Crippen LogP contribution in [0, 0.1) is 0 Å². The Morgan fingerprint density at radius 2 is 1.91 bits per heavy atom. The zero-order valence-corrected chi connectivity index (χ0v) is 13.5. The van der Waals surface area contributed by atoms with Crippen LogP contribution < -0.4 is 5.32 Å². The van der Waals surface area contributed by atoms with E-state index >= 15 is 0 Å². The maximum atomic E-state index is 12.1. The maximum Gasteiger partial charge on any atom is 0.338 e. The molecule has 1 aromatic carbocycles. The van der Waals surface area contributed by atoms with E-state index in [1.807, 2.05) is 6.92 Å². The molecular formula is C17H22N2O4. The van der Waals surface area contributed by atoms with E-state index in [2.05, 4.69) is 5.32 Å². The van der Waals surface area contributed by atoms with Gasteiger partial charge in [0.15, 0.2) is 6.61 Å². The van der Waals surface area contributed by atoms with E-state index in [4.69, 9.17) is 4.74 Å². The largest absolute Gasteiger partial charge is 0.452 e. The van der Waals surface area contributed by atoms with Crippen LogP contribution in [-0.2, 0) is 14.3 Å². The van der Waals surface area contributed by atoms with Crippen molar-refractivity contribution in [1.29, 1.82) is 0 Å². The first-order valence-corrected chi connectivity index (χ1v) is 7.81. The summed E-state index contributed by atoms with van der Waals surface area (Å²) in [5.41, 5.74) is 0.950. The van der Waals surface area contributed by atoms with Crippen LogP contribution in [0.2, 0.25) is 0 Å². The quantitative estimate of drug-likeness (QED) is 0.864. The van der Waals surface area contributed by atoms with E-state index < -0.39 is 5.97 Å². The number of rotatable bonds is 4. The molecular weight excluding hydrogens is 296 g/mol. The zero-order chi connectivity index (χ0) is 16.8. The molecule has 0 spiro atoms. The first-order valence-electron chi connectivity index (χ1n) is 7.81. The number of anilines is 1. The van der Waals surface area contributed by atoms with Gasteiger partial charge in [-0.1, -0.05) is 0 Å². The molecule has 0 aliphatic carbocycles. The van der Waals surface area contributed by atoms with Gasteiger partial charge in [-0.2, -0.15) is 0 Å². The molecule has 1 heterocycles. The molecule has 2 rings (SSSR count). The van der Waals surface area contributed by atoms with Crippen LogP contribution in [0.1, 0.15) is 43.5 Å². The summed E-state index contributed by atoms with van der Waals surface area (Å²) in [6.45, 7) is 3.91. The highest BCUT2D eigenvalue weighted by atomic mass is 16.5. The summed E-state index contributed by atoms with van der Waals surface area (Å²) in [6, 6.07) is 6.55. The normalized spacial score (nSPS) is 17.5. The Hall–Kier alpha value is -2.37. The standard InChI is InChI=1S/C17H22N2O4/c1-12-5-3-4-10-19(12)16(21)11-23-17(22)14-6-8-15(9-7-14)18-13(2)20/h6-9,12H,3-5,10-11H2,1-2H3,(H,18,20). The highest BCUT2D eigenvalue weighted by molar-refractivity contribution is 5.93. The molecule has 0 aromatic heterocycles. The molecule has 1 aliphatic rings. The highest BCUT2D eigenvalue weighted by Crippen LogP contribution is 2.16. The van der Waals surface area contributed by atoms with E-state index in [1.54, 1.807) is 29.2 Å². The van der Waals surface area contributed by atoms with Crippen LogP contribution in [0.3, 0.4) is 0 Å². The first kappa shape index (κ1) is 17.0. The Bertz CT molecular complexity index is 583. The molecule has 0 bridgehead atoms. The fourth-order valence-corrected chi connectivity index (χ4v) is 2.66. The monoisotopic (exact) mass is 318 g/mol. The van der Waals surface area contributed by atoms with Gasteiger partial charge in [0.25, 0.3) is 5.91 Å². The van der Waals surface area contributed by atoms with Crippen LogP contribution >= 0.6 is 0 Å². The highest BCUT2D eigenvalue weighted by Gasteiger charge is 2.24. The van der Waals surface area contributed by atoms with Crippen LogP contribution in [0.25, 0.3) is 0 Å². The van der Waals surface area contributed by atoms with Gasteiger partial charge in [0.1, 0.15) is 0 Å². The van der Waals surface area contributed by atoms with Crippen LogP contribution in [0.15, 0.2) is 24.3 Å². The summed E-state index contributed by atoms with van der Waals surface area (Å²) >= 11 is 0. The Balaban J connectivity index is 1.86. The van der Waals surface area contributed by atoms with Crippen LogP contribution in [0.4, 0.5) is 5.69 Å². The van der Waals surface area contributed by atoms with E-state index in [1.165, 1.54) is 6.92 Å². The summed E-state index contributed by atoms with van der Waals surface area (Å²) in [4.78, 5) is 36.8. The molecule has 1 saturated heterocycles. The SMILES string of the molecule is CC(=O)Nc1ccc(C(=O)OCC(=O)N2CCCCC2C)cc1. The lowest BCUT2D eigenvalue weighted by molar-refractivity contribution is -0.137. The van der Waals surface area contributed by atoms with Crippen molar-refractivity contribution in [3.63, 3.8) is 0 Å². The topological polar surface area (TPSA) is 75.7 Å². The van der Waals surface area contributed by atoms with E-state index in [0.717, 1.165) is 25.8 Å². The number of hydrogen-bond acceptors (Lipinski definition) is 4. The minimum atomic E-state index is -0.544. The number of benzene rings is 1. The van der Waals surface area contributed by atoms with Crippen LogP contribution in [-0.4, -0.2) is 41.9 Å². The van der Waals surface area contributed by atoms with Gasteiger partial charge in [0.05, 0.1) is 5.56 Å². The molecule has 0 radical (unpaired) electrons. The molecule has 6 heteroatoms. The molecule has 124 valence electrons. The van der Waals surface area contributed by atoms with Crippen molar-refractivity contribution >= 4 is 23.5 Å². The van der Waals surface area contributed by atoms with Crippen molar-refractivity contribution in [2.24, 2.45) is 0 Å². The fraction of sp³-hybridized carbons (Fsp3) is 0.471.